The molecule has 1 heterocycles. The minimum Gasteiger partial charge on any atom is -0.277 e. The molecule has 0 spiro atoms. The maximum atomic E-state index is 6.06. The van der Waals surface area contributed by atoms with Gasteiger partial charge in [0.05, 0.1) is 17.1 Å². The van der Waals surface area contributed by atoms with E-state index >= 15 is 0 Å². The fourth-order valence-corrected chi connectivity index (χ4v) is 3.67. The molecule has 1 N–H and O–H groups in total. The molecule has 0 bridgehead atoms. The molecule has 0 saturated carbocycles. The van der Waals surface area contributed by atoms with Crippen molar-refractivity contribution in [2.75, 3.05) is 5.12 Å². The molecule has 1 aliphatic rings. The van der Waals surface area contributed by atoms with Crippen LogP contribution in [0, 0.1) is 0 Å². The molecule has 0 amide bonds. The summed E-state index contributed by atoms with van der Waals surface area (Å²) in [5.74, 6) is 0. The Balaban J connectivity index is 1.58. The average Bonchev–Trinajstić information content (AvgIpc) is 2.85. The lowest BCUT2D eigenvalue weighted by molar-refractivity contribution is 0.787. The van der Waals surface area contributed by atoms with Crippen molar-refractivity contribution in [3.8, 4) is 11.1 Å². The van der Waals surface area contributed by atoms with Crippen LogP contribution in [0.4, 0.5) is 5.69 Å². The van der Waals surface area contributed by atoms with Gasteiger partial charge in [-0.3, -0.25) is 5.43 Å². The van der Waals surface area contributed by atoms with E-state index in [2.05, 4.69) is 47.9 Å². The fourth-order valence-electron chi connectivity index (χ4n) is 3.54. The van der Waals surface area contributed by atoms with Crippen LogP contribution in [0.2, 0.25) is 5.02 Å². The summed E-state index contributed by atoms with van der Waals surface area (Å²) < 4.78 is 0. The van der Waals surface area contributed by atoms with Gasteiger partial charge in [-0.1, -0.05) is 90.5 Å². The number of hydrazone groups is 1. The van der Waals surface area contributed by atoms with Crippen molar-refractivity contribution in [1.82, 2.24) is 5.43 Å². The highest BCUT2D eigenvalue weighted by atomic mass is 35.5. The zero-order chi connectivity index (χ0) is 21.0. The number of allylic oxidation sites excluding steroid dienone is 1. The van der Waals surface area contributed by atoms with Crippen LogP contribution in [0.3, 0.4) is 0 Å². The predicted octanol–water partition coefficient (Wildman–Crippen LogP) is 6.78. The summed E-state index contributed by atoms with van der Waals surface area (Å²) in [7, 11) is 0. The van der Waals surface area contributed by atoms with Crippen LogP contribution in [0.5, 0.6) is 0 Å². The maximum absolute atomic E-state index is 6.06. The molecule has 0 aromatic heterocycles. The fraction of sp³-hybridized carbons (Fsp3) is 0. The summed E-state index contributed by atoms with van der Waals surface area (Å²) in [6, 6.07) is 36.7. The molecule has 31 heavy (non-hydrogen) atoms. The van der Waals surface area contributed by atoms with Gasteiger partial charge in [0, 0.05) is 10.6 Å². The summed E-state index contributed by atoms with van der Waals surface area (Å²) in [6.07, 6.45) is 2.09. The van der Waals surface area contributed by atoms with E-state index in [1.807, 2.05) is 77.9 Å². The second-order valence-corrected chi connectivity index (χ2v) is 7.69. The van der Waals surface area contributed by atoms with E-state index in [1.165, 1.54) is 0 Å². The van der Waals surface area contributed by atoms with Crippen molar-refractivity contribution in [3.63, 3.8) is 0 Å². The van der Waals surface area contributed by atoms with E-state index in [-0.39, 0.29) is 0 Å². The summed E-state index contributed by atoms with van der Waals surface area (Å²) in [5.41, 5.74) is 10.7. The number of anilines is 1. The zero-order valence-electron chi connectivity index (χ0n) is 16.7. The molecule has 0 fully saturated rings. The molecule has 0 radical (unpaired) electrons. The summed E-state index contributed by atoms with van der Waals surface area (Å²) in [6.45, 7) is 0. The lowest BCUT2D eigenvalue weighted by Crippen LogP contribution is -2.36. The third kappa shape index (κ3) is 4.23. The quantitative estimate of drug-likeness (QED) is 0.393. The lowest BCUT2D eigenvalue weighted by Gasteiger charge is -2.28. The second-order valence-electron chi connectivity index (χ2n) is 7.26. The Hall–Kier alpha value is -3.82. The van der Waals surface area contributed by atoms with E-state index in [0.29, 0.717) is 0 Å². The molecule has 0 aliphatic carbocycles. The predicted molar refractivity (Wildman–Crippen MR) is 130 cm³/mol. The third-order valence-corrected chi connectivity index (χ3v) is 5.39. The molecule has 3 nitrogen and oxygen atoms in total. The van der Waals surface area contributed by atoms with Gasteiger partial charge in [0.1, 0.15) is 0 Å². The van der Waals surface area contributed by atoms with Gasteiger partial charge in [0.25, 0.3) is 0 Å². The summed E-state index contributed by atoms with van der Waals surface area (Å²) >= 11 is 6.06. The van der Waals surface area contributed by atoms with Gasteiger partial charge in [0.15, 0.2) is 0 Å². The number of rotatable bonds is 4. The Morgan fingerprint density at radius 3 is 2.00 bits per heavy atom. The van der Waals surface area contributed by atoms with Crippen molar-refractivity contribution in [1.29, 1.82) is 0 Å². The number of nitrogens with zero attached hydrogens (tertiary/aromatic N) is 2. The molecule has 150 valence electrons. The summed E-state index contributed by atoms with van der Waals surface area (Å²) in [4.78, 5) is 0. The van der Waals surface area contributed by atoms with E-state index in [4.69, 9.17) is 16.7 Å². The maximum Gasteiger partial charge on any atom is 0.0950 e. The zero-order valence-corrected chi connectivity index (χ0v) is 17.5. The van der Waals surface area contributed by atoms with E-state index in [9.17, 15) is 0 Å². The van der Waals surface area contributed by atoms with Gasteiger partial charge < -0.3 is 0 Å². The Morgan fingerprint density at radius 1 is 0.613 bits per heavy atom. The highest BCUT2D eigenvalue weighted by Crippen LogP contribution is 2.26. The smallest absolute Gasteiger partial charge is 0.0950 e. The first-order chi connectivity index (χ1) is 15.3. The van der Waals surface area contributed by atoms with Gasteiger partial charge in [-0.05, 0) is 53.1 Å². The average molecular weight is 422 g/mol. The number of hydrogen-bond acceptors (Lipinski definition) is 3. The number of nitrogens with one attached hydrogen (secondary N) is 1. The topological polar surface area (TPSA) is 27.6 Å². The van der Waals surface area contributed by atoms with Crippen molar-refractivity contribution < 1.29 is 0 Å². The van der Waals surface area contributed by atoms with Crippen LogP contribution in [-0.4, -0.2) is 5.71 Å². The number of hydrazine groups is 1. The SMILES string of the molecule is Clc1ccc(-c2cccc(C3=NN(c4ccccc4)NC(c4ccccc4)=C3)c2)cc1. The molecule has 4 heteroatoms. The summed E-state index contributed by atoms with van der Waals surface area (Å²) in [5, 5.41) is 7.45. The molecule has 4 aromatic carbocycles. The van der Waals surface area contributed by atoms with Crippen LogP contribution in [0.25, 0.3) is 16.8 Å². The number of para-hydroxylation sites is 1. The molecular weight excluding hydrogens is 402 g/mol. The van der Waals surface area contributed by atoms with Gasteiger partial charge in [0.2, 0.25) is 0 Å². The van der Waals surface area contributed by atoms with Crippen LogP contribution in [0.1, 0.15) is 11.1 Å². The highest BCUT2D eigenvalue weighted by molar-refractivity contribution is 6.30. The minimum absolute atomic E-state index is 0.733. The lowest BCUT2D eigenvalue weighted by atomic mass is 9.99. The molecule has 4 aromatic rings. The Kier molecular flexibility index (Phi) is 5.26. The molecule has 1 aliphatic heterocycles. The van der Waals surface area contributed by atoms with Gasteiger partial charge in [-0.15, -0.1) is 0 Å². The van der Waals surface area contributed by atoms with Gasteiger partial charge >= 0.3 is 0 Å². The van der Waals surface area contributed by atoms with Crippen LogP contribution in [-0.2, 0) is 0 Å². The number of hydrogen-bond donors (Lipinski definition) is 1. The molecule has 0 saturated heterocycles. The van der Waals surface area contributed by atoms with E-state index < -0.39 is 0 Å². The number of halogens is 1. The standard InChI is InChI=1S/C27H20ClN3/c28-24-16-14-20(15-17-24)22-10-7-11-23(18-22)27-19-26(21-8-3-1-4-9-21)29-31(30-27)25-12-5-2-6-13-25/h1-19,29H. The first-order valence-corrected chi connectivity index (χ1v) is 10.5. The third-order valence-electron chi connectivity index (χ3n) is 5.14. The van der Waals surface area contributed by atoms with Crippen LogP contribution in [0.15, 0.2) is 120 Å². The van der Waals surface area contributed by atoms with Crippen LogP contribution >= 0.6 is 11.6 Å². The Morgan fingerprint density at radius 2 is 1.26 bits per heavy atom. The van der Waals surface area contributed by atoms with Crippen LogP contribution < -0.4 is 10.5 Å². The molecule has 0 unspecified atom stereocenters. The normalized spacial score (nSPS) is 13.3. The molecule has 5 rings (SSSR count). The first kappa shape index (κ1) is 19.2. The van der Waals surface area contributed by atoms with Crippen molar-refractivity contribution in [2.24, 2.45) is 5.10 Å². The monoisotopic (exact) mass is 421 g/mol. The van der Waals surface area contributed by atoms with Crippen molar-refractivity contribution in [2.45, 2.75) is 0 Å². The van der Waals surface area contributed by atoms with E-state index in [0.717, 1.165) is 44.4 Å². The highest BCUT2D eigenvalue weighted by Gasteiger charge is 2.17. The van der Waals surface area contributed by atoms with Gasteiger partial charge in [-0.25, -0.2) is 0 Å². The number of benzene rings is 4. The van der Waals surface area contributed by atoms with E-state index in [1.54, 1.807) is 0 Å². The first-order valence-electron chi connectivity index (χ1n) is 10.1. The van der Waals surface area contributed by atoms with Crippen molar-refractivity contribution >= 4 is 28.7 Å². The molecular formula is C27H20ClN3. The Bertz CT molecular complexity index is 1250. The minimum atomic E-state index is 0.733. The Labute approximate surface area is 186 Å². The second kappa shape index (κ2) is 8.50. The van der Waals surface area contributed by atoms with Gasteiger partial charge in [-0.2, -0.15) is 10.2 Å². The van der Waals surface area contributed by atoms with Crippen molar-refractivity contribution in [3.05, 3.63) is 131 Å². The largest absolute Gasteiger partial charge is 0.277 e. The molecule has 0 atom stereocenters.